The van der Waals surface area contributed by atoms with E-state index in [1.165, 1.54) is 0 Å². The molecule has 1 fully saturated rings. The summed E-state index contributed by atoms with van der Waals surface area (Å²) in [5, 5.41) is 8.93. The first-order chi connectivity index (χ1) is 7.06. The largest absolute Gasteiger partial charge is 0.375 e. The van der Waals surface area contributed by atoms with Gasteiger partial charge in [-0.25, -0.2) is 0 Å². The zero-order valence-electron chi connectivity index (χ0n) is 9.56. The molecule has 0 aliphatic carbocycles. The molecule has 0 aromatic rings. The fourth-order valence-corrected chi connectivity index (χ4v) is 1.70. The maximum absolute atomic E-state index is 12.0. The predicted octanol–water partition coefficient (Wildman–Crippen LogP) is 1.03. The third-order valence-corrected chi connectivity index (χ3v) is 2.62. The zero-order valence-corrected chi connectivity index (χ0v) is 9.56. The Balaban J connectivity index is 2.63. The lowest BCUT2D eigenvalue weighted by molar-refractivity contribution is -0.141. The highest BCUT2D eigenvalue weighted by atomic mass is 16.5. The van der Waals surface area contributed by atoms with Crippen molar-refractivity contribution in [1.29, 1.82) is 5.26 Å². The Morgan fingerprint density at radius 3 is 2.73 bits per heavy atom. The van der Waals surface area contributed by atoms with Gasteiger partial charge in [0.1, 0.15) is 5.92 Å². The number of carbonyl (C=O) groups excluding carboxylic acids is 1. The van der Waals surface area contributed by atoms with Crippen molar-refractivity contribution in [3.8, 4) is 6.07 Å². The Morgan fingerprint density at radius 2 is 2.27 bits per heavy atom. The van der Waals surface area contributed by atoms with Gasteiger partial charge in [-0.15, -0.1) is 0 Å². The molecule has 84 valence electrons. The van der Waals surface area contributed by atoms with Crippen LogP contribution in [0, 0.1) is 23.2 Å². The SMILES string of the molecule is CC1CN(C(=O)C(C#N)C(C)C)CCO1. The Kier molecular flexibility index (Phi) is 4.10. The molecule has 1 rings (SSSR count). The van der Waals surface area contributed by atoms with Crippen LogP contribution in [0.15, 0.2) is 0 Å². The number of nitrogens with zero attached hydrogens (tertiary/aromatic N) is 2. The highest BCUT2D eigenvalue weighted by Crippen LogP contribution is 2.15. The van der Waals surface area contributed by atoms with Gasteiger partial charge < -0.3 is 9.64 Å². The molecule has 2 unspecified atom stereocenters. The molecule has 4 nitrogen and oxygen atoms in total. The van der Waals surface area contributed by atoms with Crippen LogP contribution in [-0.4, -0.2) is 36.6 Å². The van der Waals surface area contributed by atoms with E-state index in [1.807, 2.05) is 20.8 Å². The fourth-order valence-electron chi connectivity index (χ4n) is 1.70. The highest BCUT2D eigenvalue weighted by Gasteiger charge is 2.29. The molecule has 0 bridgehead atoms. The van der Waals surface area contributed by atoms with Crippen LogP contribution in [0.4, 0.5) is 0 Å². The van der Waals surface area contributed by atoms with Crippen LogP contribution in [0.3, 0.4) is 0 Å². The molecule has 0 spiro atoms. The lowest BCUT2D eigenvalue weighted by Crippen LogP contribution is -2.47. The molecule has 0 aromatic carbocycles. The van der Waals surface area contributed by atoms with Crippen molar-refractivity contribution in [3.63, 3.8) is 0 Å². The van der Waals surface area contributed by atoms with Crippen LogP contribution in [0.1, 0.15) is 20.8 Å². The fraction of sp³-hybridized carbons (Fsp3) is 0.818. The lowest BCUT2D eigenvalue weighted by atomic mass is 9.95. The summed E-state index contributed by atoms with van der Waals surface area (Å²) in [7, 11) is 0. The number of rotatable bonds is 2. The maximum atomic E-state index is 12.0. The molecule has 15 heavy (non-hydrogen) atoms. The van der Waals surface area contributed by atoms with E-state index in [-0.39, 0.29) is 17.9 Å². The van der Waals surface area contributed by atoms with Crippen LogP contribution in [-0.2, 0) is 9.53 Å². The zero-order chi connectivity index (χ0) is 11.4. The van der Waals surface area contributed by atoms with E-state index in [4.69, 9.17) is 10.00 Å². The summed E-state index contributed by atoms with van der Waals surface area (Å²) < 4.78 is 5.36. The van der Waals surface area contributed by atoms with Crippen molar-refractivity contribution >= 4 is 5.91 Å². The topological polar surface area (TPSA) is 53.3 Å². The molecule has 1 heterocycles. The summed E-state index contributed by atoms with van der Waals surface area (Å²) in [6, 6.07) is 2.08. The van der Waals surface area contributed by atoms with Crippen LogP contribution >= 0.6 is 0 Å². The predicted molar refractivity (Wildman–Crippen MR) is 55.9 cm³/mol. The second kappa shape index (κ2) is 5.13. The number of carbonyl (C=O) groups is 1. The monoisotopic (exact) mass is 210 g/mol. The standard InChI is InChI=1S/C11H18N2O2/c1-8(2)10(6-12)11(14)13-4-5-15-9(3)7-13/h8-10H,4-5,7H2,1-3H3. The molecule has 0 N–H and O–H groups in total. The lowest BCUT2D eigenvalue weighted by Gasteiger charge is -2.33. The smallest absolute Gasteiger partial charge is 0.240 e. The second-order valence-electron chi connectivity index (χ2n) is 4.32. The summed E-state index contributed by atoms with van der Waals surface area (Å²) in [5.41, 5.74) is 0. The van der Waals surface area contributed by atoms with Gasteiger partial charge in [0.15, 0.2) is 0 Å². The molecule has 4 heteroatoms. The molecule has 1 aliphatic rings. The molecule has 1 saturated heterocycles. The van der Waals surface area contributed by atoms with E-state index in [1.54, 1.807) is 4.90 Å². The molecule has 0 radical (unpaired) electrons. The maximum Gasteiger partial charge on any atom is 0.240 e. The van der Waals surface area contributed by atoms with Crippen molar-refractivity contribution in [3.05, 3.63) is 0 Å². The van der Waals surface area contributed by atoms with E-state index in [0.717, 1.165) is 0 Å². The molecular formula is C11H18N2O2. The first kappa shape index (κ1) is 12.0. The van der Waals surface area contributed by atoms with E-state index in [2.05, 4.69) is 6.07 Å². The minimum Gasteiger partial charge on any atom is -0.375 e. The van der Waals surface area contributed by atoms with Gasteiger partial charge >= 0.3 is 0 Å². The summed E-state index contributed by atoms with van der Waals surface area (Å²) in [6.45, 7) is 7.52. The molecule has 2 atom stereocenters. The highest BCUT2D eigenvalue weighted by molar-refractivity contribution is 5.81. The van der Waals surface area contributed by atoms with Gasteiger partial charge in [-0.05, 0) is 12.8 Å². The molecule has 1 amide bonds. The first-order valence-corrected chi connectivity index (χ1v) is 5.36. The van der Waals surface area contributed by atoms with Crippen molar-refractivity contribution in [1.82, 2.24) is 4.90 Å². The number of hydrogen-bond acceptors (Lipinski definition) is 3. The molecule has 1 aliphatic heterocycles. The molecular weight excluding hydrogens is 192 g/mol. The second-order valence-corrected chi connectivity index (χ2v) is 4.32. The van der Waals surface area contributed by atoms with Gasteiger partial charge in [-0.3, -0.25) is 4.79 Å². The molecule has 0 saturated carbocycles. The quantitative estimate of drug-likeness (QED) is 0.684. The number of morpholine rings is 1. The third-order valence-electron chi connectivity index (χ3n) is 2.62. The Labute approximate surface area is 90.8 Å². The minimum atomic E-state index is -0.518. The van der Waals surface area contributed by atoms with Gasteiger partial charge in [0, 0.05) is 13.1 Å². The van der Waals surface area contributed by atoms with Gasteiger partial charge in [-0.2, -0.15) is 5.26 Å². The van der Waals surface area contributed by atoms with Crippen molar-refractivity contribution in [2.24, 2.45) is 11.8 Å². The number of hydrogen-bond donors (Lipinski definition) is 0. The van der Waals surface area contributed by atoms with Crippen LogP contribution in [0.2, 0.25) is 0 Å². The van der Waals surface area contributed by atoms with Gasteiger partial charge in [-0.1, -0.05) is 13.8 Å². The van der Waals surface area contributed by atoms with Gasteiger partial charge in [0.2, 0.25) is 5.91 Å². The number of ether oxygens (including phenoxy) is 1. The van der Waals surface area contributed by atoms with Crippen LogP contribution < -0.4 is 0 Å². The van der Waals surface area contributed by atoms with E-state index < -0.39 is 5.92 Å². The summed E-state index contributed by atoms with van der Waals surface area (Å²) in [5.74, 6) is -0.501. The minimum absolute atomic E-state index is 0.0531. The first-order valence-electron chi connectivity index (χ1n) is 5.36. The van der Waals surface area contributed by atoms with Crippen LogP contribution in [0.25, 0.3) is 0 Å². The normalized spacial score (nSPS) is 23.7. The van der Waals surface area contributed by atoms with Crippen LogP contribution in [0.5, 0.6) is 0 Å². The van der Waals surface area contributed by atoms with Gasteiger partial charge in [0.05, 0.1) is 18.8 Å². The number of nitriles is 1. The average Bonchev–Trinajstić information content (AvgIpc) is 2.18. The third kappa shape index (κ3) is 2.93. The molecule has 0 aromatic heterocycles. The Bertz CT molecular complexity index is 270. The van der Waals surface area contributed by atoms with Crippen molar-refractivity contribution in [2.75, 3.05) is 19.7 Å². The Morgan fingerprint density at radius 1 is 1.60 bits per heavy atom. The summed E-state index contributed by atoms with van der Waals surface area (Å²) >= 11 is 0. The van der Waals surface area contributed by atoms with Crippen molar-refractivity contribution < 1.29 is 9.53 Å². The average molecular weight is 210 g/mol. The summed E-state index contributed by atoms with van der Waals surface area (Å²) in [6.07, 6.45) is 0.0780. The summed E-state index contributed by atoms with van der Waals surface area (Å²) in [4.78, 5) is 13.7. The van der Waals surface area contributed by atoms with Crippen molar-refractivity contribution in [2.45, 2.75) is 26.9 Å². The van der Waals surface area contributed by atoms with E-state index >= 15 is 0 Å². The number of amides is 1. The van der Waals surface area contributed by atoms with E-state index in [0.29, 0.717) is 19.7 Å². The van der Waals surface area contributed by atoms with Gasteiger partial charge in [0.25, 0.3) is 0 Å². The van der Waals surface area contributed by atoms with E-state index in [9.17, 15) is 4.79 Å². The Hall–Kier alpha value is -1.08.